The summed E-state index contributed by atoms with van der Waals surface area (Å²) in [5.74, 6) is -0.620. The molecule has 1 aromatic carbocycles. The van der Waals surface area contributed by atoms with Crippen molar-refractivity contribution in [3.8, 4) is 0 Å². The zero-order valence-corrected chi connectivity index (χ0v) is 11.3. The van der Waals surface area contributed by atoms with Crippen LogP contribution in [0.2, 0.25) is 0 Å². The molecule has 1 amide bonds. The van der Waals surface area contributed by atoms with Crippen molar-refractivity contribution >= 4 is 21.6 Å². The number of hydrogen-bond acceptors (Lipinski definition) is 5. The van der Waals surface area contributed by atoms with E-state index < -0.39 is 16.1 Å². The fourth-order valence-electron chi connectivity index (χ4n) is 1.41. The van der Waals surface area contributed by atoms with Crippen LogP contribution in [0.1, 0.15) is 5.56 Å². The molecule has 1 aromatic rings. The monoisotopic (exact) mass is 287 g/mol. The van der Waals surface area contributed by atoms with Crippen LogP contribution in [-0.4, -0.2) is 34.1 Å². The zero-order chi connectivity index (χ0) is 14.5. The van der Waals surface area contributed by atoms with Crippen LogP contribution in [0, 0.1) is 0 Å². The summed E-state index contributed by atoms with van der Waals surface area (Å²) < 4.78 is 26.6. The topological polar surface area (TPSA) is 125 Å². The number of primary sulfonamides is 1. The highest BCUT2D eigenvalue weighted by Crippen LogP contribution is 2.11. The second-order valence-corrected chi connectivity index (χ2v) is 5.67. The molecule has 0 spiro atoms. The number of benzene rings is 1. The largest absolute Gasteiger partial charge is 0.383 e. The highest BCUT2D eigenvalue weighted by molar-refractivity contribution is 7.88. The van der Waals surface area contributed by atoms with E-state index in [1.54, 1.807) is 24.3 Å². The van der Waals surface area contributed by atoms with Gasteiger partial charge >= 0.3 is 0 Å². The number of anilines is 1. The molecule has 0 saturated heterocycles. The number of carbonyl (C=O) groups excluding carboxylic acids is 1. The summed E-state index contributed by atoms with van der Waals surface area (Å²) in [6.45, 7) is 0.120. The number of nitrogens with two attached hydrogens (primary N) is 2. The standard InChI is InChI=1S/C11H17N3O4S/c1-18-6-10(12)11(15)14-9-4-2-8(3-5-9)7-19(13,16)17/h2-5,10H,6-7,12H2,1H3,(H,14,15)(H2,13,16,17). The second-order valence-electron chi connectivity index (χ2n) is 4.06. The first-order valence-corrected chi connectivity index (χ1v) is 7.18. The van der Waals surface area contributed by atoms with Crippen LogP contribution >= 0.6 is 0 Å². The van der Waals surface area contributed by atoms with Gasteiger partial charge in [0.1, 0.15) is 6.04 Å². The van der Waals surface area contributed by atoms with Crippen LogP contribution < -0.4 is 16.2 Å². The van der Waals surface area contributed by atoms with Crippen molar-refractivity contribution in [3.63, 3.8) is 0 Å². The van der Waals surface area contributed by atoms with Gasteiger partial charge in [0.2, 0.25) is 15.9 Å². The number of ether oxygens (including phenoxy) is 1. The molecule has 0 fully saturated rings. The maximum Gasteiger partial charge on any atom is 0.243 e. The maximum atomic E-state index is 11.6. The molecule has 0 aliphatic carbocycles. The lowest BCUT2D eigenvalue weighted by Gasteiger charge is -2.11. The van der Waals surface area contributed by atoms with E-state index in [1.165, 1.54) is 7.11 Å². The summed E-state index contributed by atoms with van der Waals surface area (Å²) in [5.41, 5.74) is 6.62. The van der Waals surface area contributed by atoms with Crippen LogP contribution in [0.15, 0.2) is 24.3 Å². The molecule has 0 heterocycles. The number of amides is 1. The summed E-state index contributed by atoms with van der Waals surface area (Å²) in [6.07, 6.45) is 0. The number of sulfonamides is 1. The molecule has 1 atom stereocenters. The van der Waals surface area contributed by atoms with Gasteiger partial charge in [-0.25, -0.2) is 13.6 Å². The van der Waals surface area contributed by atoms with Crippen LogP contribution in [0.4, 0.5) is 5.69 Å². The molecular formula is C11H17N3O4S. The summed E-state index contributed by atoms with van der Waals surface area (Å²) in [4.78, 5) is 11.6. The van der Waals surface area contributed by atoms with E-state index in [0.29, 0.717) is 11.3 Å². The number of methoxy groups -OCH3 is 1. The lowest BCUT2D eigenvalue weighted by molar-refractivity contribution is -0.118. The Kier molecular flexibility index (Phi) is 5.43. The second kappa shape index (κ2) is 6.62. The highest BCUT2D eigenvalue weighted by atomic mass is 32.2. The Morgan fingerprint density at radius 3 is 2.42 bits per heavy atom. The minimum atomic E-state index is -3.56. The normalized spacial score (nSPS) is 13.0. The molecule has 1 rings (SSSR count). The number of rotatable bonds is 6. The zero-order valence-electron chi connectivity index (χ0n) is 10.5. The van der Waals surface area contributed by atoms with Gasteiger partial charge in [-0.3, -0.25) is 4.79 Å². The quantitative estimate of drug-likeness (QED) is 0.643. The van der Waals surface area contributed by atoms with Crippen molar-refractivity contribution in [2.75, 3.05) is 19.0 Å². The van der Waals surface area contributed by atoms with E-state index in [2.05, 4.69) is 5.32 Å². The van der Waals surface area contributed by atoms with E-state index >= 15 is 0 Å². The Bertz CT molecular complexity index is 527. The van der Waals surface area contributed by atoms with Gasteiger partial charge in [-0.1, -0.05) is 12.1 Å². The van der Waals surface area contributed by atoms with Crippen molar-refractivity contribution < 1.29 is 17.9 Å². The Balaban J connectivity index is 2.64. The molecule has 8 heteroatoms. The van der Waals surface area contributed by atoms with Gasteiger partial charge < -0.3 is 15.8 Å². The molecule has 0 aliphatic rings. The van der Waals surface area contributed by atoms with Crippen LogP contribution in [0.25, 0.3) is 0 Å². The minimum Gasteiger partial charge on any atom is -0.383 e. The summed E-state index contributed by atoms with van der Waals surface area (Å²) >= 11 is 0. The SMILES string of the molecule is COCC(N)C(=O)Nc1ccc(CS(N)(=O)=O)cc1. The Hall–Kier alpha value is -1.48. The molecule has 1 unspecified atom stereocenters. The predicted molar refractivity (Wildman–Crippen MR) is 71.7 cm³/mol. The predicted octanol–water partition coefficient (Wildman–Crippen LogP) is -0.613. The van der Waals surface area contributed by atoms with Gasteiger partial charge in [0.25, 0.3) is 0 Å². The lowest BCUT2D eigenvalue weighted by atomic mass is 10.2. The van der Waals surface area contributed by atoms with Gasteiger partial charge in [-0.15, -0.1) is 0 Å². The van der Waals surface area contributed by atoms with E-state index in [1.807, 2.05) is 0 Å². The number of nitrogens with one attached hydrogen (secondary N) is 1. The third-order valence-electron chi connectivity index (χ3n) is 2.27. The average molecular weight is 287 g/mol. The van der Waals surface area contributed by atoms with Gasteiger partial charge in [-0.2, -0.15) is 0 Å². The molecule has 0 saturated carbocycles. The van der Waals surface area contributed by atoms with Gasteiger partial charge in [0, 0.05) is 12.8 Å². The highest BCUT2D eigenvalue weighted by Gasteiger charge is 2.13. The van der Waals surface area contributed by atoms with Crippen molar-refractivity contribution in [1.82, 2.24) is 0 Å². The van der Waals surface area contributed by atoms with Gasteiger partial charge in [-0.05, 0) is 17.7 Å². The van der Waals surface area contributed by atoms with E-state index in [-0.39, 0.29) is 18.3 Å². The Morgan fingerprint density at radius 1 is 1.37 bits per heavy atom. The summed E-state index contributed by atoms with van der Waals surface area (Å²) in [6, 6.07) is 5.55. The maximum absolute atomic E-state index is 11.6. The molecule has 7 nitrogen and oxygen atoms in total. The number of carbonyl (C=O) groups is 1. The first-order valence-electron chi connectivity index (χ1n) is 5.46. The summed E-state index contributed by atoms with van der Waals surface area (Å²) in [5, 5.41) is 7.52. The average Bonchev–Trinajstić information content (AvgIpc) is 2.30. The summed E-state index contributed by atoms with van der Waals surface area (Å²) in [7, 11) is -2.10. The van der Waals surface area contributed by atoms with Gasteiger partial charge in [0.15, 0.2) is 0 Å². The molecule has 5 N–H and O–H groups in total. The van der Waals surface area contributed by atoms with E-state index in [9.17, 15) is 13.2 Å². The third-order valence-corrected chi connectivity index (χ3v) is 3.01. The van der Waals surface area contributed by atoms with Crippen molar-refractivity contribution in [2.45, 2.75) is 11.8 Å². The van der Waals surface area contributed by atoms with Crippen molar-refractivity contribution in [2.24, 2.45) is 10.9 Å². The van der Waals surface area contributed by atoms with Crippen LogP contribution in [0.5, 0.6) is 0 Å². The Morgan fingerprint density at radius 2 is 1.95 bits per heavy atom. The molecule has 0 bridgehead atoms. The molecule has 0 aliphatic heterocycles. The van der Waals surface area contributed by atoms with E-state index in [4.69, 9.17) is 15.6 Å². The first-order chi connectivity index (χ1) is 8.81. The fraction of sp³-hybridized carbons (Fsp3) is 0.364. The molecule has 19 heavy (non-hydrogen) atoms. The Labute approximate surface area is 112 Å². The van der Waals surface area contributed by atoms with Crippen LogP contribution in [-0.2, 0) is 25.3 Å². The van der Waals surface area contributed by atoms with E-state index in [0.717, 1.165) is 0 Å². The smallest absolute Gasteiger partial charge is 0.243 e. The minimum absolute atomic E-state index is 0.120. The molecule has 0 radical (unpaired) electrons. The number of hydrogen-bond donors (Lipinski definition) is 3. The van der Waals surface area contributed by atoms with Crippen molar-refractivity contribution in [1.29, 1.82) is 0 Å². The van der Waals surface area contributed by atoms with Gasteiger partial charge in [0.05, 0.1) is 12.4 Å². The third kappa shape index (κ3) is 5.79. The molecule has 106 valence electrons. The van der Waals surface area contributed by atoms with Crippen molar-refractivity contribution in [3.05, 3.63) is 29.8 Å². The fourth-order valence-corrected chi connectivity index (χ4v) is 2.06. The molecule has 0 aromatic heterocycles. The first kappa shape index (κ1) is 15.6. The lowest BCUT2D eigenvalue weighted by Crippen LogP contribution is -2.39. The molecular weight excluding hydrogens is 270 g/mol. The van der Waals surface area contributed by atoms with Crippen LogP contribution in [0.3, 0.4) is 0 Å².